The number of carbonyl (C=O) groups excluding carboxylic acids is 1. The molecule has 0 bridgehead atoms. The van der Waals surface area contributed by atoms with Crippen LogP contribution in [0.1, 0.15) is 45.1 Å². The number of anilines is 1. The molecule has 1 aromatic rings. The molecule has 0 radical (unpaired) electrons. The van der Waals surface area contributed by atoms with Crippen molar-refractivity contribution in [2.75, 3.05) is 11.4 Å². The van der Waals surface area contributed by atoms with Crippen LogP contribution in [-0.2, 0) is 16.0 Å². The minimum Gasteiger partial charge on any atom is -0.486 e. The van der Waals surface area contributed by atoms with Crippen LogP contribution in [-0.4, -0.2) is 29.6 Å². The van der Waals surface area contributed by atoms with E-state index < -0.39 is 5.97 Å². The lowest BCUT2D eigenvalue weighted by Gasteiger charge is -2.34. The monoisotopic (exact) mass is 305 g/mol. The summed E-state index contributed by atoms with van der Waals surface area (Å²) in [5.74, 6) is 0.0146. The lowest BCUT2D eigenvalue weighted by molar-refractivity contribution is -0.137. The van der Waals surface area contributed by atoms with Crippen LogP contribution >= 0.6 is 0 Å². The van der Waals surface area contributed by atoms with Gasteiger partial charge in [-0.1, -0.05) is 13.0 Å². The number of carboxylic acids is 1. The summed E-state index contributed by atoms with van der Waals surface area (Å²) in [6.07, 6.45) is 3.40. The van der Waals surface area contributed by atoms with E-state index in [1.165, 1.54) is 0 Å². The molecule has 1 unspecified atom stereocenters. The molecule has 5 nitrogen and oxygen atoms in total. The highest BCUT2D eigenvalue weighted by molar-refractivity contribution is 5.93. The van der Waals surface area contributed by atoms with Gasteiger partial charge in [0.15, 0.2) is 0 Å². The third-order valence-electron chi connectivity index (χ3n) is 3.94. The number of hydrogen-bond acceptors (Lipinski definition) is 3. The highest BCUT2D eigenvalue weighted by Crippen LogP contribution is 2.35. The predicted octanol–water partition coefficient (Wildman–Crippen LogP) is 3.01. The number of ether oxygens (including phenoxy) is 1. The molecule has 2 rings (SSSR count). The molecule has 22 heavy (non-hydrogen) atoms. The summed E-state index contributed by atoms with van der Waals surface area (Å²) in [7, 11) is 0. The Morgan fingerprint density at radius 3 is 2.77 bits per heavy atom. The molecule has 1 heterocycles. The smallest absolute Gasteiger partial charge is 0.303 e. The zero-order valence-corrected chi connectivity index (χ0v) is 13.2. The number of benzene rings is 1. The fourth-order valence-corrected chi connectivity index (χ4v) is 2.66. The summed E-state index contributed by atoms with van der Waals surface area (Å²) in [6.45, 7) is 4.20. The molecule has 1 atom stereocenters. The van der Waals surface area contributed by atoms with Gasteiger partial charge >= 0.3 is 5.97 Å². The molecule has 1 aliphatic rings. The second-order valence-corrected chi connectivity index (χ2v) is 5.68. The fraction of sp³-hybridized carbons (Fsp3) is 0.529. The van der Waals surface area contributed by atoms with Gasteiger partial charge in [0, 0.05) is 13.3 Å². The third kappa shape index (κ3) is 4.00. The molecule has 0 saturated carbocycles. The van der Waals surface area contributed by atoms with Gasteiger partial charge in [0.05, 0.1) is 12.2 Å². The van der Waals surface area contributed by atoms with E-state index in [0.29, 0.717) is 13.0 Å². The molecule has 5 heteroatoms. The summed E-state index contributed by atoms with van der Waals surface area (Å²) < 4.78 is 5.90. The Morgan fingerprint density at radius 2 is 2.14 bits per heavy atom. The Hall–Kier alpha value is -2.04. The molecule has 0 spiro atoms. The number of hydrogen-bond donors (Lipinski definition) is 1. The Kier molecular flexibility index (Phi) is 5.41. The van der Waals surface area contributed by atoms with Crippen LogP contribution in [0.2, 0.25) is 0 Å². The van der Waals surface area contributed by atoms with Gasteiger partial charge in [0.2, 0.25) is 5.91 Å². The molecule has 0 saturated heterocycles. The molecular weight excluding hydrogens is 282 g/mol. The third-order valence-corrected chi connectivity index (χ3v) is 3.94. The molecule has 1 N–H and O–H groups in total. The summed E-state index contributed by atoms with van der Waals surface area (Å²) in [5, 5.41) is 8.65. The summed E-state index contributed by atoms with van der Waals surface area (Å²) in [6, 6.07) is 5.90. The maximum absolute atomic E-state index is 11.9. The minimum absolute atomic E-state index is 0.0195. The first-order valence-corrected chi connectivity index (χ1v) is 7.80. The van der Waals surface area contributed by atoms with Gasteiger partial charge in [0.1, 0.15) is 11.9 Å². The molecule has 1 aliphatic heterocycles. The molecule has 0 aromatic heterocycles. The quantitative estimate of drug-likeness (QED) is 0.820. The van der Waals surface area contributed by atoms with Crippen LogP contribution in [0, 0.1) is 0 Å². The van der Waals surface area contributed by atoms with Crippen molar-refractivity contribution in [1.82, 2.24) is 0 Å². The number of aryl methyl sites for hydroxylation is 1. The Labute approximate surface area is 130 Å². The fourth-order valence-electron chi connectivity index (χ4n) is 2.66. The van der Waals surface area contributed by atoms with E-state index in [0.717, 1.165) is 36.3 Å². The zero-order chi connectivity index (χ0) is 16.1. The number of aliphatic carboxylic acids is 1. The number of amides is 1. The van der Waals surface area contributed by atoms with Crippen molar-refractivity contribution < 1.29 is 19.4 Å². The first kappa shape index (κ1) is 16.3. The second kappa shape index (κ2) is 7.29. The van der Waals surface area contributed by atoms with Crippen molar-refractivity contribution in [3.05, 3.63) is 23.8 Å². The summed E-state index contributed by atoms with van der Waals surface area (Å²) >= 11 is 0. The zero-order valence-electron chi connectivity index (χ0n) is 13.2. The largest absolute Gasteiger partial charge is 0.486 e. The van der Waals surface area contributed by atoms with Gasteiger partial charge in [-0.3, -0.25) is 9.59 Å². The molecular formula is C17H23NO4. The van der Waals surface area contributed by atoms with Crippen LogP contribution in [0.5, 0.6) is 5.75 Å². The van der Waals surface area contributed by atoms with Crippen molar-refractivity contribution in [2.45, 2.75) is 52.1 Å². The number of nitrogens with zero attached hydrogens (tertiary/aromatic N) is 1. The molecule has 0 aliphatic carbocycles. The number of unbranched alkanes of at least 4 members (excludes halogenated alkanes) is 1. The number of carboxylic acid groups (broad SMARTS) is 1. The molecule has 0 fully saturated rings. The van der Waals surface area contributed by atoms with Gasteiger partial charge < -0.3 is 14.7 Å². The predicted molar refractivity (Wildman–Crippen MR) is 84.4 cm³/mol. The van der Waals surface area contributed by atoms with E-state index in [1.807, 2.05) is 25.1 Å². The van der Waals surface area contributed by atoms with Crippen molar-refractivity contribution in [3.8, 4) is 5.75 Å². The van der Waals surface area contributed by atoms with Crippen LogP contribution in [0.25, 0.3) is 0 Å². The SMILES string of the molecule is CCC1CN(C(C)=O)c2cc(CCCCC(=O)O)ccc2O1. The van der Waals surface area contributed by atoms with E-state index in [2.05, 4.69) is 0 Å². The van der Waals surface area contributed by atoms with Gasteiger partial charge in [-0.15, -0.1) is 0 Å². The van der Waals surface area contributed by atoms with Crippen molar-refractivity contribution >= 4 is 17.6 Å². The maximum atomic E-state index is 11.9. The van der Waals surface area contributed by atoms with Crippen LogP contribution < -0.4 is 9.64 Å². The first-order valence-electron chi connectivity index (χ1n) is 7.80. The second-order valence-electron chi connectivity index (χ2n) is 5.68. The average molecular weight is 305 g/mol. The lowest BCUT2D eigenvalue weighted by Crippen LogP contribution is -2.42. The van der Waals surface area contributed by atoms with Crippen molar-refractivity contribution in [1.29, 1.82) is 0 Å². The standard InChI is InChI=1S/C17H23NO4/c1-3-14-11-18(12(2)19)15-10-13(8-9-16(15)22-14)6-4-5-7-17(20)21/h8-10,14H,3-7,11H2,1-2H3,(H,20,21). The van der Waals surface area contributed by atoms with Gasteiger partial charge in [-0.2, -0.15) is 0 Å². The molecule has 1 aromatic carbocycles. The van der Waals surface area contributed by atoms with E-state index in [-0.39, 0.29) is 18.4 Å². The van der Waals surface area contributed by atoms with E-state index in [4.69, 9.17) is 9.84 Å². The minimum atomic E-state index is -0.757. The first-order chi connectivity index (χ1) is 10.5. The number of rotatable bonds is 6. The van der Waals surface area contributed by atoms with E-state index in [1.54, 1.807) is 11.8 Å². The van der Waals surface area contributed by atoms with Crippen LogP contribution in [0.3, 0.4) is 0 Å². The highest BCUT2D eigenvalue weighted by atomic mass is 16.5. The maximum Gasteiger partial charge on any atom is 0.303 e. The molecule has 120 valence electrons. The number of carbonyl (C=O) groups is 2. The van der Waals surface area contributed by atoms with E-state index in [9.17, 15) is 9.59 Å². The number of fused-ring (bicyclic) bond motifs is 1. The van der Waals surface area contributed by atoms with E-state index >= 15 is 0 Å². The van der Waals surface area contributed by atoms with Crippen molar-refractivity contribution in [2.24, 2.45) is 0 Å². The van der Waals surface area contributed by atoms with Crippen LogP contribution in [0.15, 0.2) is 18.2 Å². The molecule has 1 amide bonds. The van der Waals surface area contributed by atoms with Gasteiger partial charge in [0.25, 0.3) is 0 Å². The summed E-state index contributed by atoms with van der Waals surface area (Å²) in [4.78, 5) is 24.2. The van der Waals surface area contributed by atoms with Gasteiger partial charge in [-0.25, -0.2) is 0 Å². The van der Waals surface area contributed by atoms with Crippen molar-refractivity contribution in [3.63, 3.8) is 0 Å². The normalized spacial score (nSPS) is 16.8. The topological polar surface area (TPSA) is 66.8 Å². The van der Waals surface area contributed by atoms with Gasteiger partial charge in [-0.05, 0) is 43.4 Å². The van der Waals surface area contributed by atoms with Crippen LogP contribution in [0.4, 0.5) is 5.69 Å². The lowest BCUT2D eigenvalue weighted by atomic mass is 10.0. The average Bonchev–Trinajstić information content (AvgIpc) is 2.50. The Bertz CT molecular complexity index is 556. The Morgan fingerprint density at radius 1 is 1.36 bits per heavy atom. The highest BCUT2D eigenvalue weighted by Gasteiger charge is 2.27. The Balaban J connectivity index is 2.09. The summed E-state index contributed by atoms with van der Waals surface area (Å²) in [5.41, 5.74) is 1.93.